The summed E-state index contributed by atoms with van der Waals surface area (Å²) in [6, 6.07) is 2.09. The highest BCUT2D eigenvalue weighted by Crippen LogP contribution is 2.36. The fourth-order valence-electron chi connectivity index (χ4n) is 3.69. The van der Waals surface area contributed by atoms with E-state index in [1.807, 2.05) is 6.08 Å². The Balaban J connectivity index is 1.66. The molecule has 2 aliphatic heterocycles. The summed E-state index contributed by atoms with van der Waals surface area (Å²) in [6.45, 7) is 6.17. The molecule has 0 spiro atoms. The molecule has 2 aromatic rings. The van der Waals surface area contributed by atoms with Gasteiger partial charge in [0.25, 0.3) is 5.91 Å². The Morgan fingerprint density at radius 1 is 1.23 bits per heavy atom. The van der Waals surface area contributed by atoms with Crippen molar-refractivity contribution in [1.82, 2.24) is 14.7 Å². The number of aromatic nitrogens is 2. The zero-order chi connectivity index (χ0) is 21.8. The number of amides is 2. The molecule has 30 heavy (non-hydrogen) atoms. The normalized spacial score (nSPS) is 15.5. The van der Waals surface area contributed by atoms with Gasteiger partial charge in [-0.1, -0.05) is 6.08 Å². The van der Waals surface area contributed by atoms with Crippen molar-refractivity contribution in [3.63, 3.8) is 0 Å². The highest BCUT2D eigenvalue weighted by molar-refractivity contribution is 6.18. The number of halogens is 1. The fraction of sp³-hybridized carbons (Fsp3) is 0.333. The van der Waals surface area contributed by atoms with Crippen molar-refractivity contribution in [3.05, 3.63) is 52.6 Å². The third-order valence-electron chi connectivity index (χ3n) is 4.99. The number of hydrogen-bond acceptors (Lipinski definition) is 5. The Morgan fingerprint density at radius 3 is 2.57 bits per heavy atom. The predicted octanol–water partition coefficient (Wildman–Crippen LogP) is 2.68. The van der Waals surface area contributed by atoms with Crippen molar-refractivity contribution in [2.45, 2.75) is 32.8 Å². The van der Waals surface area contributed by atoms with Crippen LogP contribution in [0.15, 0.2) is 24.4 Å². The quantitative estimate of drug-likeness (QED) is 0.696. The first-order valence-corrected chi connectivity index (χ1v) is 9.50. The van der Waals surface area contributed by atoms with Crippen molar-refractivity contribution in [1.29, 1.82) is 0 Å². The van der Waals surface area contributed by atoms with Crippen molar-refractivity contribution in [2.24, 2.45) is 5.73 Å². The molecule has 0 saturated carbocycles. The van der Waals surface area contributed by atoms with E-state index >= 15 is 0 Å². The second kappa shape index (κ2) is 6.79. The summed E-state index contributed by atoms with van der Waals surface area (Å²) < 4.78 is 20.7. The lowest BCUT2D eigenvalue weighted by molar-refractivity contribution is 0.0270. The van der Waals surface area contributed by atoms with E-state index in [1.165, 1.54) is 4.68 Å². The lowest BCUT2D eigenvalue weighted by Gasteiger charge is -2.29. The molecule has 0 fully saturated rings. The average Bonchev–Trinajstić information content (AvgIpc) is 3.20. The van der Waals surface area contributed by atoms with Gasteiger partial charge in [0.15, 0.2) is 0 Å². The molecule has 0 bridgehead atoms. The van der Waals surface area contributed by atoms with E-state index in [9.17, 15) is 18.8 Å². The van der Waals surface area contributed by atoms with Crippen LogP contribution in [0.25, 0.3) is 11.3 Å². The number of nitrogens with two attached hydrogens (primary N) is 1. The Hall–Kier alpha value is -3.49. The zero-order valence-electron chi connectivity index (χ0n) is 16.9. The molecule has 0 unspecified atom stereocenters. The molecule has 2 amide bonds. The Kier molecular flexibility index (Phi) is 4.48. The SMILES string of the molecule is CC(C)(C)OC(=O)N1CC=C(c2cnn3c2C(=O)c2cc(F)cc(C(N)=O)c2-3)CC1. The van der Waals surface area contributed by atoms with Gasteiger partial charge >= 0.3 is 6.09 Å². The molecule has 1 aromatic carbocycles. The molecule has 4 rings (SSSR count). The van der Waals surface area contributed by atoms with Gasteiger partial charge in [-0.05, 0) is 44.9 Å². The highest BCUT2D eigenvalue weighted by atomic mass is 19.1. The lowest BCUT2D eigenvalue weighted by Crippen LogP contribution is -2.39. The molecule has 1 aromatic heterocycles. The summed E-state index contributed by atoms with van der Waals surface area (Å²) in [5.41, 5.74) is 6.65. The molecule has 0 saturated heterocycles. The van der Waals surface area contributed by atoms with E-state index in [0.29, 0.717) is 25.1 Å². The van der Waals surface area contributed by atoms with Gasteiger partial charge in [-0.2, -0.15) is 5.10 Å². The minimum Gasteiger partial charge on any atom is -0.444 e. The molecule has 0 aliphatic carbocycles. The summed E-state index contributed by atoms with van der Waals surface area (Å²) in [5.74, 6) is -1.98. The maximum atomic E-state index is 13.9. The Morgan fingerprint density at radius 2 is 1.97 bits per heavy atom. The summed E-state index contributed by atoms with van der Waals surface area (Å²) in [6.07, 6.45) is 3.48. The third-order valence-corrected chi connectivity index (χ3v) is 4.99. The van der Waals surface area contributed by atoms with Crippen LogP contribution < -0.4 is 5.73 Å². The van der Waals surface area contributed by atoms with Crippen LogP contribution >= 0.6 is 0 Å². The van der Waals surface area contributed by atoms with Crippen LogP contribution in [-0.4, -0.2) is 51.2 Å². The van der Waals surface area contributed by atoms with Crippen LogP contribution in [-0.2, 0) is 4.74 Å². The van der Waals surface area contributed by atoms with E-state index in [0.717, 1.165) is 17.7 Å². The summed E-state index contributed by atoms with van der Waals surface area (Å²) in [4.78, 5) is 38.6. The minimum atomic E-state index is -0.840. The number of benzene rings is 1. The van der Waals surface area contributed by atoms with E-state index < -0.39 is 29.2 Å². The predicted molar refractivity (Wildman–Crippen MR) is 106 cm³/mol. The molecule has 8 nitrogen and oxygen atoms in total. The first kappa shape index (κ1) is 19.8. The minimum absolute atomic E-state index is 0.0555. The second-order valence-corrected chi connectivity index (χ2v) is 8.27. The summed E-state index contributed by atoms with van der Waals surface area (Å²) in [5, 5.41) is 4.26. The second-order valence-electron chi connectivity index (χ2n) is 8.27. The number of fused-ring (bicyclic) bond motifs is 3. The van der Waals surface area contributed by atoms with Crippen LogP contribution in [0.3, 0.4) is 0 Å². The third kappa shape index (κ3) is 3.26. The van der Waals surface area contributed by atoms with Gasteiger partial charge in [-0.15, -0.1) is 0 Å². The smallest absolute Gasteiger partial charge is 0.410 e. The van der Waals surface area contributed by atoms with Crippen molar-refractivity contribution < 1.29 is 23.5 Å². The maximum absolute atomic E-state index is 13.9. The fourth-order valence-corrected chi connectivity index (χ4v) is 3.69. The van der Waals surface area contributed by atoms with Crippen LogP contribution in [0.4, 0.5) is 9.18 Å². The Labute approximate surface area is 172 Å². The van der Waals surface area contributed by atoms with Crippen LogP contribution in [0, 0.1) is 5.82 Å². The Bertz CT molecular complexity index is 1130. The van der Waals surface area contributed by atoms with Gasteiger partial charge in [0.1, 0.15) is 17.1 Å². The number of carbonyl (C=O) groups excluding carboxylic acids is 3. The summed E-state index contributed by atoms with van der Waals surface area (Å²) >= 11 is 0. The van der Waals surface area contributed by atoms with Gasteiger partial charge < -0.3 is 15.4 Å². The molecule has 2 aliphatic rings. The van der Waals surface area contributed by atoms with Gasteiger partial charge in [0.05, 0.1) is 23.0 Å². The topological polar surface area (TPSA) is 108 Å². The van der Waals surface area contributed by atoms with Crippen LogP contribution in [0.5, 0.6) is 0 Å². The number of hydrogen-bond donors (Lipinski definition) is 1. The van der Waals surface area contributed by atoms with Gasteiger partial charge in [-0.25, -0.2) is 13.9 Å². The monoisotopic (exact) mass is 412 g/mol. The van der Waals surface area contributed by atoms with Gasteiger partial charge in [-0.3, -0.25) is 9.59 Å². The number of carbonyl (C=O) groups is 3. The van der Waals surface area contributed by atoms with E-state index in [1.54, 1.807) is 31.9 Å². The first-order valence-electron chi connectivity index (χ1n) is 9.50. The van der Waals surface area contributed by atoms with Crippen molar-refractivity contribution in [3.8, 4) is 5.69 Å². The number of rotatable bonds is 2. The van der Waals surface area contributed by atoms with Crippen molar-refractivity contribution in [2.75, 3.05) is 13.1 Å². The van der Waals surface area contributed by atoms with Gasteiger partial charge in [0, 0.05) is 18.7 Å². The molecular weight excluding hydrogens is 391 g/mol. The molecule has 9 heteroatoms. The molecular formula is C21H21FN4O4. The number of primary amides is 1. The lowest BCUT2D eigenvalue weighted by atomic mass is 9.97. The van der Waals surface area contributed by atoms with Crippen molar-refractivity contribution >= 4 is 23.4 Å². The largest absolute Gasteiger partial charge is 0.444 e. The van der Waals surface area contributed by atoms with E-state index in [4.69, 9.17) is 10.5 Å². The molecule has 2 N–H and O–H groups in total. The van der Waals surface area contributed by atoms with E-state index in [2.05, 4.69) is 5.10 Å². The summed E-state index contributed by atoms with van der Waals surface area (Å²) in [7, 11) is 0. The number of ketones is 1. The standard InChI is InChI=1S/C21H21FN4O4/c1-21(2,3)30-20(29)25-6-4-11(5-7-25)15-10-24-26-16-13(18(27)17(15)26)8-12(22)9-14(16)19(23)28/h4,8-10H,5-7H2,1-3H3,(H2,23,28). The first-order chi connectivity index (χ1) is 14.1. The molecule has 156 valence electrons. The molecule has 0 radical (unpaired) electrons. The molecule has 3 heterocycles. The number of nitrogens with zero attached hydrogens (tertiary/aromatic N) is 3. The maximum Gasteiger partial charge on any atom is 0.410 e. The molecule has 0 atom stereocenters. The van der Waals surface area contributed by atoms with Crippen LogP contribution in [0.1, 0.15) is 59.2 Å². The highest BCUT2D eigenvalue weighted by Gasteiger charge is 2.36. The number of ether oxygens (including phenoxy) is 1. The van der Waals surface area contributed by atoms with Gasteiger partial charge in [0.2, 0.25) is 5.78 Å². The average molecular weight is 412 g/mol. The zero-order valence-corrected chi connectivity index (χ0v) is 16.9. The van der Waals surface area contributed by atoms with Crippen LogP contribution in [0.2, 0.25) is 0 Å². The van der Waals surface area contributed by atoms with E-state index in [-0.39, 0.29) is 22.5 Å².